The van der Waals surface area contributed by atoms with Gasteiger partial charge in [0.2, 0.25) is 5.91 Å². The molecule has 1 aliphatic heterocycles. The number of rotatable bonds is 6. The molecule has 0 saturated carbocycles. The molecular weight excluding hydrogens is 463 g/mol. The van der Waals surface area contributed by atoms with Crippen molar-refractivity contribution in [3.8, 4) is 0 Å². The molecule has 35 heavy (non-hydrogen) atoms. The van der Waals surface area contributed by atoms with E-state index in [4.69, 9.17) is 4.74 Å². The van der Waals surface area contributed by atoms with Gasteiger partial charge in [-0.15, -0.1) is 0 Å². The molecule has 3 aromatic rings. The van der Waals surface area contributed by atoms with Crippen molar-refractivity contribution >= 4 is 11.8 Å². The van der Waals surface area contributed by atoms with Crippen LogP contribution < -0.4 is 0 Å². The average molecular weight is 487 g/mol. The number of nitrogens with zero attached hydrogens (tertiary/aromatic N) is 5. The molecule has 0 spiro atoms. The molecule has 1 saturated heterocycles. The average Bonchev–Trinajstić information content (AvgIpc) is 3.18. The van der Waals surface area contributed by atoms with Crippen molar-refractivity contribution in [3.05, 3.63) is 83.4 Å². The standard InChI is InChI=1S/C24H24F3N5O3/c1-30-11-18(10-29-30)12-31-13-21(35-16-17-3-2-8-28-9-17)14-32(15-22(31)33)23(34)19-4-6-20(7-5-19)24(25,26)27/h2-11,21H,12-16H2,1H3/t21-/m1/s1. The summed E-state index contributed by atoms with van der Waals surface area (Å²) < 4.78 is 46.4. The van der Waals surface area contributed by atoms with Crippen molar-refractivity contribution in [2.75, 3.05) is 19.6 Å². The van der Waals surface area contributed by atoms with Crippen LogP contribution in [0.1, 0.15) is 27.0 Å². The summed E-state index contributed by atoms with van der Waals surface area (Å²) in [6, 6.07) is 7.60. The number of pyridine rings is 1. The fraction of sp³-hybridized carbons (Fsp3) is 0.333. The van der Waals surface area contributed by atoms with Gasteiger partial charge in [0, 0.05) is 56.4 Å². The van der Waals surface area contributed by atoms with Crippen LogP contribution in [0, 0.1) is 0 Å². The fourth-order valence-electron chi connectivity index (χ4n) is 3.85. The van der Waals surface area contributed by atoms with Crippen LogP contribution in [-0.2, 0) is 35.9 Å². The van der Waals surface area contributed by atoms with Crippen molar-refractivity contribution in [3.63, 3.8) is 0 Å². The lowest BCUT2D eigenvalue weighted by Gasteiger charge is -2.24. The van der Waals surface area contributed by atoms with E-state index in [0.29, 0.717) is 6.54 Å². The van der Waals surface area contributed by atoms with E-state index < -0.39 is 23.8 Å². The Morgan fingerprint density at radius 3 is 2.51 bits per heavy atom. The third-order valence-corrected chi connectivity index (χ3v) is 5.61. The van der Waals surface area contributed by atoms with Gasteiger partial charge in [-0.25, -0.2) is 0 Å². The molecule has 1 aliphatic rings. The van der Waals surface area contributed by atoms with Crippen LogP contribution in [0.5, 0.6) is 0 Å². The largest absolute Gasteiger partial charge is 0.416 e. The minimum Gasteiger partial charge on any atom is -0.370 e. The molecule has 184 valence electrons. The Labute approximate surface area is 199 Å². The minimum absolute atomic E-state index is 0.0671. The van der Waals surface area contributed by atoms with Crippen LogP contribution >= 0.6 is 0 Å². The molecule has 1 fully saturated rings. The summed E-state index contributed by atoms with van der Waals surface area (Å²) in [6.07, 6.45) is 1.76. The summed E-state index contributed by atoms with van der Waals surface area (Å²) in [7, 11) is 1.78. The van der Waals surface area contributed by atoms with Crippen LogP contribution in [0.4, 0.5) is 13.2 Å². The number of benzene rings is 1. The normalized spacial score (nSPS) is 16.9. The van der Waals surface area contributed by atoms with Gasteiger partial charge in [0.05, 0.1) is 24.5 Å². The zero-order valence-corrected chi connectivity index (χ0v) is 19.0. The predicted molar refractivity (Wildman–Crippen MR) is 119 cm³/mol. The second kappa shape index (κ2) is 10.3. The Kier molecular flexibility index (Phi) is 7.15. The molecule has 1 aromatic carbocycles. The zero-order chi connectivity index (χ0) is 25.0. The van der Waals surface area contributed by atoms with Crippen LogP contribution in [0.2, 0.25) is 0 Å². The van der Waals surface area contributed by atoms with E-state index in [1.54, 1.807) is 47.5 Å². The fourth-order valence-corrected chi connectivity index (χ4v) is 3.85. The van der Waals surface area contributed by atoms with Gasteiger partial charge in [0.25, 0.3) is 5.91 Å². The molecule has 1 atom stereocenters. The Balaban J connectivity index is 1.53. The highest BCUT2D eigenvalue weighted by atomic mass is 19.4. The van der Waals surface area contributed by atoms with Crippen LogP contribution in [0.25, 0.3) is 0 Å². The molecule has 8 nitrogen and oxygen atoms in total. The van der Waals surface area contributed by atoms with Crippen molar-refractivity contribution in [1.82, 2.24) is 24.6 Å². The first-order valence-corrected chi connectivity index (χ1v) is 10.9. The van der Waals surface area contributed by atoms with E-state index in [2.05, 4.69) is 10.1 Å². The van der Waals surface area contributed by atoms with Gasteiger partial charge in [-0.3, -0.25) is 19.3 Å². The summed E-state index contributed by atoms with van der Waals surface area (Å²) in [5, 5.41) is 4.13. The van der Waals surface area contributed by atoms with E-state index in [1.807, 2.05) is 6.07 Å². The summed E-state index contributed by atoms with van der Waals surface area (Å²) >= 11 is 0. The maximum Gasteiger partial charge on any atom is 0.416 e. The molecule has 11 heteroatoms. The van der Waals surface area contributed by atoms with Crippen LogP contribution in [0.15, 0.2) is 61.2 Å². The monoisotopic (exact) mass is 487 g/mol. The number of carbonyl (C=O) groups is 2. The summed E-state index contributed by atoms with van der Waals surface area (Å²) in [6.45, 7) is 0.657. The molecule has 0 aliphatic carbocycles. The third kappa shape index (κ3) is 6.24. The van der Waals surface area contributed by atoms with Gasteiger partial charge in [0.15, 0.2) is 0 Å². The summed E-state index contributed by atoms with van der Waals surface area (Å²) in [4.78, 5) is 33.2. The molecule has 3 heterocycles. The number of hydrogen-bond donors (Lipinski definition) is 0. The molecule has 0 unspecified atom stereocenters. The molecular formula is C24H24F3N5O3. The maximum atomic E-state index is 13.1. The Hall–Kier alpha value is -3.73. The molecule has 4 rings (SSSR count). The first kappa shape index (κ1) is 24.4. The summed E-state index contributed by atoms with van der Waals surface area (Å²) in [5.41, 5.74) is 0.885. The van der Waals surface area contributed by atoms with Gasteiger partial charge in [-0.1, -0.05) is 6.07 Å². The number of ether oxygens (including phenoxy) is 1. The molecule has 0 N–H and O–H groups in total. The van der Waals surface area contributed by atoms with Crippen molar-refractivity contribution in [2.45, 2.75) is 25.4 Å². The first-order chi connectivity index (χ1) is 16.7. The van der Waals surface area contributed by atoms with Crippen molar-refractivity contribution in [2.24, 2.45) is 7.05 Å². The molecule has 0 bridgehead atoms. The van der Waals surface area contributed by atoms with Gasteiger partial charge in [0.1, 0.15) is 6.54 Å². The highest BCUT2D eigenvalue weighted by Crippen LogP contribution is 2.29. The van der Waals surface area contributed by atoms with Crippen LogP contribution in [0.3, 0.4) is 0 Å². The number of carbonyl (C=O) groups excluding carboxylic acids is 2. The quantitative estimate of drug-likeness (QED) is 0.534. The SMILES string of the molecule is Cn1cc(CN2C[C@@H](OCc3cccnc3)CN(C(=O)c3ccc(C(F)(F)F)cc3)CC2=O)cn1. The number of hydrogen-bond acceptors (Lipinski definition) is 5. The number of halogens is 3. The highest BCUT2D eigenvalue weighted by Gasteiger charge is 2.33. The lowest BCUT2D eigenvalue weighted by atomic mass is 10.1. The minimum atomic E-state index is -4.50. The van der Waals surface area contributed by atoms with Crippen molar-refractivity contribution in [1.29, 1.82) is 0 Å². The Morgan fingerprint density at radius 1 is 1.11 bits per heavy atom. The lowest BCUT2D eigenvalue weighted by Crippen LogP contribution is -2.39. The second-order valence-corrected chi connectivity index (χ2v) is 8.35. The number of amides is 2. The van der Waals surface area contributed by atoms with Gasteiger partial charge >= 0.3 is 6.18 Å². The molecule has 2 aromatic heterocycles. The first-order valence-electron chi connectivity index (χ1n) is 10.9. The van der Waals surface area contributed by atoms with Crippen molar-refractivity contribution < 1.29 is 27.5 Å². The van der Waals surface area contributed by atoms with Gasteiger partial charge in [-0.05, 0) is 35.9 Å². The topological polar surface area (TPSA) is 80.6 Å². The smallest absolute Gasteiger partial charge is 0.370 e. The second-order valence-electron chi connectivity index (χ2n) is 8.35. The van der Waals surface area contributed by atoms with Gasteiger partial charge in [-0.2, -0.15) is 18.3 Å². The number of aryl methyl sites for hydroxylation is 1. The predicted octanol–water partition coefficient (Wildman–Crippen LogP) is 2.90. The van der Waals surface area contributed by atoms with E-state index >= 15 is 0 Å². The summed E-state index contributed by atoms with van der Waals surface area (Å²) in [5.74, 6) is -0.827. The highest BCUT2D eigenvalue weighted by molar-refractivity contribution is 5.96. The van der Waals surface area contributed by atoms with E-state index in [9.17, 15) is 22.8 Å². The number of aromatic nitrogens is 3. The number of alkyl halides is 3. The van der Waals surface area contributed by atoms with Crippen LogP contribution in [-0.4, -0.2) is 62.1 Å². The third-order valence-electron chi connectivity index (χ3n) is 5.61. The Bertz CT molecular complexity index is 1170. The van der Waals surface area contributed by atoms with E-state index in [1.165, 1.54) is 4.90 Å². The zero-order valence-electron chi connectivity index (χ0n) is 19.0. The van der Waals surface area contributed by atoms with Gasteiger partial charge < -0.3 is 14.5 Å². The maximum absolute atomic E-state index is 13.1. The molecule has 0 radical (unpaired) electrons. The van der Waals surface area contributed by atoms with E-state index in [0.717, 1.165) is 35.4 Å². The Morgan fingerprint density at radius 2 is 1.89 bits per heavy atom. The molecule has 2 amide bonds. The van der Waals surface area contributed by atoms with E-state index in [-0.39, 0.29) is 37.7 Å². The lowest BCUT2D eigenvalue weighted by molar-refractivity contribution is -0.137.